The van der Waals surface area contributed by atoms with Crippen molar-refractivity contribution in [1.82, 2.24) is 5.32 Å². The van der Waals surface area contributed by atoms with Gasteiger partial charge in [0.15, 0.2) is 0 Å². The van der Waals surface area contributed by atoms with Gasteiger partial charge in [0.25, 0.3) is 0 Å². The number of fused-ring (bicyclic) bond motifs is 1. The quantitative estimate of drug-likeness (QED) is 0.853. The summed E-state index contributed by atoms with van der Waals surface area (Å²) in [5.41, 5.74) is 1.60. The molecule has 1 aromatic carbocycles. The molecule has 1 fully saturated rings. The topological polar surface area (TPSA) is 12.0 Å². The number of nitrogens with one attached hydrogen (secondary N) is 1. The first-order valence-corrected chi connectivity index (χ1v) is 8.84. The Hall–Kier alpha value is -0.470. The van der Waals surface area contributed by atoms with Crippen LogP contribution in [0.25, 0.3) is 0 Å². The summed E-state index contributed by atoms with van der Waals surface area (Å²) >= 11 is 2.06. The molecule has 0 aromatic heterocycles. The first-order chi connectivity index (χ1) is 9.40. The molecule has 0 saturated heterocycles. The van der Waals surface area contributed by atoms with Crippen molar-refractivity contribution in [3.63, 3.8) is 0 Å². The molecule has 0 spiro atoms. The highest BCUT2D eigenvalue weighted by atomic mass is 32.2. The van der Waals surface area contributed by atoms with Gasteiger partial charge in [0.1, 0.15) is 0 Å². The average molecular weight is 275 g/mol. The molecule has 2 heteroatoms. The van der Waals surface area contributed by atoms with E-state index in [1.165, 1.54) is 49.3 Å². The molecular weight excluding hydrogens is 250 g/mol. The van der Waals surface area contributed by atoms with E-state index in [0.29, 0.717) is 6.04 Å². The lowest BCUT2D eigenvalue weighted by atomic mass is 9.83. The Morgan fingerprint density at radius 1 is 1.26 bits per heavy atom. The summed E-state index contributed by atoms with van der Waals surface area (Å²) in [6, 6.07) is 9.75. The standard InChI is InChI=1S/C17H25NS/c1-2-11-18-17(13-7-3-4-8-13)15-12-19-16-10-6-5-9-14(15)16/h5-6,9-10,13,15,17-18H,2-4,7-8,11-12H2,1H3. The average Bonchev–Trinajstić information content (AvgIpc) is 3.09. The normalized spacial score (nSPS) is 24.6. The molecule has 19 heavy (non-hydrogen) atoms. The fourth-order valence-corrected chi connectivity index (χ4v) is 5.06. The van der Waals surface area contributed by atoms with Crippen molar-refractivity contribution in [2.24, 2.45) is 5.92 Å². The molecule has 0 amide bonds. The molecule has 104 valence electrons. The molecule has 0 bridgehead atoms. The molecule has 1 saturated carbocycles. The molecule has 1 nitrogen and oxygen atoms in total. The van der Waals surface area contributed by atoms with Crippen LogP contribution in [0.4, 0.5) is 0 Å². The van der Waals surface area contributed by atoms with Gasteiger partial charge in [0.2, 0.25) is 0 Å². The van der Waals surface area contributed by atoms with E-state index in [4.69, 9.17) is 0 Å². The highest BCUT2D eigenvalue weighted by molar-refractivity contribution is 7.99. The van der Waals surface area contributed by atoms with Crippen molar-refractivity contribution in [3.05, 3.63) is 29.8 Å². The van der Waals surface area contributed by atoms with Gasteiger partial charge >= 0.3 is 0 Å². The van der Waals surface area contributed by atoms with Crippen LogP contribution in [0.1, 0.15) is 50.5 Å². The summed E-state index contributed by atoms with van der Waals surface area (Å²) < 4.78 is 0. The molecule has 1 aromatic rings. The van der Waals surface area contributed by atoms with Crippen LogP contribution in [0.2, 0.25) is 0 Å². The van der Waals surface area contributed by atoms with Crippen LogP contribution >= 0.6 is 11.8 Å². The smallest absolute Gasteiger partial charge is 0.0172 e. The number of thioether (sulfide) groups is 1. The van der Waals surface area contributed by atoms with Gasteiger partial charge in [-0.1, -0.05) is 38.0 Å². The van der Waals surface area contributed by atoms with Crippen LogP contribution in [0.15, 0.2) is 29.2 Å². The van der Waals surface area contributed by atoms with Crippen LogP contribution in [-0.2, 0) is 0 Å². The van der Waals surface area contributed by atoms with E-state index < -0.39 is 0 Å². The predicted octanol–water partition coefficient (Wildman–Crippen LogP) is 4.43. The molecular formula is C17H25NS. The Labute approximate surface area is 121 Å². The monoisotopic (exact) mass is 275 g/mol. The minimum atomic E-state index is 0.707. The molecule has 2 atom stereocenters. The van der Waals surface area contributed by atoms with Gasteiger partial charge in [0, 0.05) is 22.6 Å². The zero-order chi connectivity index (χ0) is 13.1. The van der Waals surface area contributed by atoms with Gasteiger partial charge in [-0.05, 0) is 43.4 Å². The lowest BCUT2D eigenvalue weighted by Gasteiger charge is -2.30. The van der Waals surface area contributed by atoms with Crippen molar-refractivity contribution in [3.8, 4) is 0 Å². The molecule has 1 N–H and O–H groups in total. The van der Waals surface area contributed by atoms with Crippen molar-refractivity contribution in [1.29, 1.82) is 0 Å². The Kier molecular flexibility index (Phi) is 4.49. The summed E-state index contributed by atoms with van der Waals surface area (Å²) in [5, 5.41) is 3.88. The molecule has 2 aliphatic rings. The second kappa shape index (κ2) is 6.32. The fourth-order valence-electron chi connectivity index (χ4n) is 3.75. The minimum absolute atomic E-state index is 0.707. The van der Waals surface area contributed by atoms with E-state index >= 15 is 0 Å². The van der Waals surface area contributed by atoms with Crippen molar-refractivity contribution in [2.45, 2.75) is 55.9 Å². The molecule has 3 rings (SSSR count). The third-order valence-corrected chi connectivity index (χ3v) is 5.92. The fraction of sp³-hybridized carbons (Fsp3) is 0.647. The number of hydrogen-bond donors (Lipinski definition) is 1. The maximum atomic E-state index is 3.88. The van der Waals surface area contributed by atoms with Crippen molar-refractivity contribution >= 4 is 11.8 Å². The van der Waals surface area contributed by atoms with Gasteiger partial charge in [-0.15, -0.1) is 11.8 Å². The Bertz CT molecular complexity index is 411. The number of benzene rings is 1. The SMILES string of the molecule is CCCNC(C1CCCC1)C1CSc2ccccc21. The third-order valence-electron chi connectivity index (χ3n) is 4.71. The largest absolute Gasteiger partial charge is 0.313 e. The molecule has 1 aliphatic carbocycles. The number of rotatable bonds is 5. The summed E-state index contributed by atoms with van der Waals surface area (Å²) in [7, 11) is 0. The molecule has 0 radical (unpaired) electrons. The van der Waals surface area contributed by atoms with Crippen LogP contribution in [-0.4, -0.2) is 18.3 Å². The van der Waals surface area contributed by atoms with E-state index in [2.05, 4.69) is 48.3 Å². The van der Waals surface area contributed by atoms with Crippen LogP contribution < -0.4 is 5.32 Å². The van der Waals surface area contributed by atoms with Gasteiger partial charge in [-0.3, -0.25) is 0 Å². The van der Waals surface area contributed by atoms with E-state index in [1.807, 2.05) is 0 Å². The lowest BCUT2D eigenvalue weighted by Crippen LogP contribution is -2.41. The second-order valence-electron chi connectivity index (χ2n) is 5.98. The van der Waals surface area contributed by atoms with E-state index in [0.717, 1.165) is 11.8 Å². The molecule has 1 heterocycles. The molecule has 2 unspecified atom stereocenters. The third kappa shape index (κ3) is 2.85. The van der Waals surface area contributed by atoms with Gasteiger partial charge in [-0.25, -0.2) is 0 Å². The zero-order valence-corrected chi connectivity index (χ0v) is 12.7. The molecule has 1 aliphatic heterocycles. The zero-order valence-electron chi connectivity index (χ0n) is 11.9. The van der Waals surface area contributed by atoms with Gasteiger partial charge in [-0.2, -0.15) is 0 Å². The summed E-state index contributed by atoms with van der Waals surface area (Å²) in [6.45, 7) is 3.44. The highest BCUT2D eigenvalue weighted by Crippen LogP contribution is 2.44. The maximum Gasteiger partial charge on any atom is 0.0172 e. The Balaban J connectivity index is 1.79. The van der Waals surface area contributed by atoms with Gasteiger partial charge < -0.3 is 5.32 Å². The Morgan fingerprint density at radius 2 is 2.05 bits per heavy atom. The lowest BCUT2D eigenvalue weighted by molar-refractivity contribution is 0.323. The maximum absolute atomic E-state index is 3.88. The highest BCUT2D eigenvalue weighted by Gasteiger charge is 2.35. The van der Waals surface area contributed by atoms with Gasteiger partial charge in [0.05, 0.1) is 0 Å². The second-order valence-corrected chi connectivity index (χ2v) is 7.04. The van der Waals surface area contributed by atoms with E-state index in [1.54, 1.807) is 5.56 Å². The first-order valence-electron chi connectivity index (χ1n) is 7.85. The van der Waals surface area contributed by atoms with Crippen LogP contribution in [0.5, 0.6) is 0 Å². The van der Waals surface area contributed by atoms with Crippen molar-refractivity contribution in [2.75, 3.05) is 12.3 Å². The Morgan fingerprint density at radius 3 is 2.84 bits per heavy atom. The number of hydrogen-bond acceptors (Lipinski definition) is 2. The predicted molar refractivity (Wildman–Crippen MR) is 83.9 cm³/mol. The summed E-state index contributed by atoms with van der Waals surface area (Å²) in [4.78, 5) is 1.52. The van der Waals surface area contributed by atoms with E-state index in [-0.39, 0.29) is 0 Å². The summed E-state index contributed by atoms with van der Waals surface area (Å²) in [6.07, 6.45) is 6.99. The van der Waals surface area contributed by atoms with Crippen molar-refractivity contribution < 1.29 is 0 Å². The van der Waals surface area contributed by atoms with E-state index in [9.17, 15) is 0 Å². The minimum Gasteiger partial charge on any atom is -0.313 e. The summed E-state index contributed by atoms with van der Waals surface area (Å²) in [5.74, 6) is 2.91. The van der Waals surface area contributed by atoms with Crippen LogP contribution in [0, 0.1) is 5.92 Å². The van der Waals surface area contributed by atoms with Crippen LogP contribution in [0.3, 0.4) is 0 Å². The first kappa shape index (κ1) is 13.5.